The van der Waals surface area contributed by atoms with Crippen molar-refractivity contribution in [1.82, 2.24) is 19.8 Å². The Hall–Kier alpha value is -2.67. The monoisotopic (exact) mass is 356 g/mol. The van der Waals surface area contributed by atoms with Crippen LogP contribution in [0.4, 0.5) is 0 Å². The predicted molar refractivity (Wildman–Crippen MR) is 98.7 cm³/mol. The van der Waals surface area contributed by atoms with E-state index in [1.54, 1.807) is 0 Å². The lowest BCUT2D eigenvalue weighted by Gasteiger charge is -2.15. The lowest BCUT2D eigenvalue weighted by atomic mass is 10.1. The van der Waals surface area contributed by atoms with E-state index in [2.05, 4.69) is 27.3 Å². The van der Waals surface area contributed by atoms with Gasteiger partial charge in [-0.2, -0.15) is 0 Å². The number of carbonyl (C=O) groups is 1. The van der Waals surface area contributed by atoms with Crippen molar-refractivity contribution in [2.24, 2.45) is 0 Å². The van der Waals surface area contributed by atoms with Crippen molar-refractivity contribution in [3.05, 3.63) is 68.5 Å². The zero-order valence-corrected chi connectivity index (χ0v) is 14.7. The number of carbonyl (C=O) groups excluding carboxylic acids is 1. The van der Waals surface area contributed by atoms with E-state index in [4.69, 9.17) is 0 Å². The maximum atomic E-state index is 12.0. The van der Waals surface area contributed by atoms with Crippen LogP contribution < -0.4 is 16.6 Å². The molecule has 7 heteroatoms. The van der Waals surface area contributed by atoms with Gasteiger partial charge in [0.25, 0.3) is 5.56 Å². The van der Waals surface area contributed by atoms with E-state index in [0.717, 1.165) is 25.2 Å². The second-order valence-corrected chi connectivity index (χ2v) is 6.63. The first-order valence-electron chi connectivity index (χ1n) is 8.97. The van der Waals surface area contributed by atoms with Gasteiger partial charge in [0.15, 0.2) is 0 Å². The van der Waals surface area contributed by atoms with Crippen LogP contribution in [0.1, 0.15) is 30.4 Å². The first-order chi connectivity index (χ1) is 12.6. The Morgan fingerprint density at radius 2 is 1.88 bits per heavy atom. The lowest BCUT2D eigenvalue weighted by molar-refractivity contribution is -0.121. The lowest BCUT2D eigenvalue weighted by Crippen LogP contribution is -2.31. The maximum Gasteiger partial charge on any atom is 0.328 e. The van der Waals surface area contributed by atoms with Gasteiger partial charge in [0.1, 0.15) is 0 Å². The van der Waals surface area contributed by atoms with E-state index in [1.807, 2.05) is 12.1 Å². The van der Waals surface area contributed by atoms with E-state index >= 15 is 0 Å². The van der Waals surface area contributed by atoms with Gasteiger partial charge in [-0.15, -0.1) is 0 Å². The minimum atomic E-state index is -0.500. The van der Waals surface area contributed by atoms with Gasteiger partial charge < -0.3 is 9.88 Å². The molecule has 1 aliphatic heterocycles. The first-order valence-corrected chi connectivity index (χ1v) is 8.97. The highest BCUT2D eigenvalue weighted by atomic mass is 16.2. The third-order valence-electron chi connectivity index (χ3n) is 4.56. The molecule has 2 aromatic rings. The Balaban J connectivity index is 1.48. The van der Waals surface area contributed by atoms with Crippen LogP contribution in [0.2, 0.25) is 0 Å². The van der Waals surface area contributed by atoms with Gasteiger partial charge in [-0.25, -0.2) is 4.79 Å². The van der Waals surface area contributed by atoms with Crippen molar-refractivity contribution in [2.75, 3.05) is 13.1 Å². The van der Waals surface area contributed by atoms with Crippen molar-refractivity contribution >= 4 is 5.91 Å². The number of hydrogen-bond donors (Lipinski definition) is 2. The smallest absolute Gasteiger partial charge is 0.328 e. The Labute approximate surface area is 151 Å². The van der Waals surface area contributed by atoms with Crippen LogP contribution in [0.15, 0.2) is 46.1 Å². The molecular weight excluding hydrogens is 332 g/mol. The van der Waals surface area contributed by atoms with Crippen molar-refractivity contribution in [2.45, 2.75) is 38.9 Å². The van der Waals surface area contributed by atoms with Crippen LogP contribution >= 0.6 is 0 Å². The summed E-state index contributed by atoms with van der Waals surface area (Å²) in [5.74, 6) is -0.131. The normalized spacial score (nSPS) is 14.5. The molecular formula is C19H24N4O3. The molecule has 1 fully saturated rings. The minimum absolute atomic E-state index is 0.131. The molecule has 1 aromatic carbocycles. The molecule has 26 heavy (non-hydrogen) atoms. The fraction of sp³-hybridized carbons (Fsp3) is 0.421. The van der Waals surface area contributed by atoms with E-state index in [0.29, 0.717) is 6.54 Å². The third kappa shape index (κ3) is 5.16. The van der Waals surface area contributed by atoms with Crippen LogP contribution in [-0.4, -0.2) is 33.4 Å². The molecule has 0 radical (unpaired) electrons. The van der Waals surface area contributed by atoms with Crippen molar-refractivity contribution in [1.29, 1.82) is 0 Å². The molecule has 0 spiro atoms. The fourth-order valence-corrected chi connectivity index (χ4v) is 3.17. The Morgan fingerprint density at radius 1 is 1.12 bits per heavy atom. The Kier molecular flexibility index (Phi) is 6.01. The average Bonchev–Trinajstić information content (AvgIpc) is 3.12. The molecule has 1 amide bonds. The molecule has 2 heterocycles. The number of hydrogen-bond acceptors (Lipinski definition) is 4. The molecule has 1 aliphatic rings. The summed E-state index contributed by atoms with van der Waals surface area (Å²) in [6, 6.07) is 9.54. The number of H-pyrrole nitrogens is 1. The van der Waals surface area contributed by atoms with Gasteiger partial charge in [0.05, 0.1) is 0 Å². The number of nitrogens with one attached hydrogen (secondary N) is 2. The highest BCUT2D eigenvalue weighted by molar-refractivity contribution is 5.75. The SMILES string of the molecule is O=C(CCn1ccc(=O)[nH]c1=O)NCc1cccc(CN2CCCC2)c1. The van der Waals surface area contributed by atoms with E-state index in [1.165, 1.54) is 35.2 Å². The predicted octanol–water partition coefficient (Wildman–Crippen LogP) is 0.839. The molecule has 1 aromatic heterocycles. The van der Waals surface area contributed by atoms with Gasteiger partial charge >= 0.3 is 5.69 Å². The summed E-state index contributed by atoms with van der Waals surface area (Å²) in [7, 11) is 0. The van der Waals surface area contributed by atoms with Crippen LogP contribution in [0.25, 0.3) is 0 Å². The van der Waals surface area contributed by atoms with Crippen LogP contribution in [0.3, 0.4) is 0 Å². The number of amides is 1. The second-order valence-electron chi connectivity index (χ2n) is 6.63. The Morgan fingerprint density at radius 3 is 2.65 bits per heavy atom. The number of nitrogens with zero attached hydrogens (tertiary/aromatic N) is 2. The molecule has 0 atom stereocenters. The van der Waals surface area contributed by atoms with Crippen LogP contribution in [0.5, 0.6) is 0 Å². The molecule has 1 saturated heterocycles. The summed E-state index contributed by atoms with van der Waals surface area (Å²) < 4.78 is 1.32. The zero-order valence-electron chi connectivity index (χ0n) is 14.7. The van der Waals surface area contributed by atoms with E-state index in [-0.39, 0.29) is 18.9 Å². The third-order valence-corrected chi connectivity index (χ3v) is 4.56. The highest BCUT2D eigenvalue weighted by Crippen LogP contribution is 2.13. The van der Waals surface area contributed by atoms with Crippen LogP contribution in [0, 0.1) is 0 Å². The Bertz CT molecular complexity index is 865. The van der Waals surface area contributed by atoms with Gasteiger partial charge in [0, 0.05) is 38.3 Å². The molecule has 138 valence electrons. The largest absolute Gasteiger partial charge is 0.352 e. The summed E-state index contributed by atoms with van der Waals surface area (Å²) in [6.07, 6.45) is 4.12. The van der Waals surface area contributed by atoms with Gasteiger partial charge in [-0.05, 0) is 37.1 Å². The van der Waals surface area contributed by atoms with Gasteiger partial charge in [0.2, 0.25) is 5.91 Å². The minimum Gasteiger partial charge on any atom is -0.352 e. The standard InChI is InChI=1S/C19H24N4O3/c24-17(6-10-23-11-7-18(25)21-19(23)26)20-13-15-4-3-5-16(12-15)14-22-8-1-2-9-22/h3-5,7,11-12H,1-2,6,8-10,13-14H2,(H,20,24)(H,21,25,26). The van der Waals surface area contributed by atoms with Crippen molar-refractivity contribution < 1.29 is 4.79 Å². The number of aromatic nitrogens is 2. The quantitative estimate of drug-likeness (QED) is 0.770. The summed E-state index contributed by atoms with van der Waals surface area (Å²) in [4.78, 5) is 39.2. The van der Waals surface area contributed by atoms with Crippen LogP contribution in [-0.2, 0) is 24.4 Å². The van der Waals surface area contributed by atoms with Gasteiger partial charge in [-0.3, -0.25) is 19.5 Å². The molecule has 3 rings (SSSR count). The number of benzene rings is 1. The topological polar surface area (TPSA) is 87.2 Å². The molecule has 0 bridgehead atoms. The number of aromatic amines is 1. The number of likely N-dealkylation sites (tertiary alicyclic amines) is 1. The van der Waals surface area contributed by atoms with E-state index < -0.39 is 11.2 Å². The molecule has 2 N–H and O–H groups in total. The van der Waals surface area contributed by atoms with Crippen molar-refractivity contribution in [3.8, 4) is 0 Å². The van der Waals surface area contributed by atoms with E-state index in [9.17, 15) is 14.4 Å². The molecule has 0 aliphatic carbocycles. The second kappa shape index (κ2) is 8.62. The highest BCUT2D eigenvalue weighted by Gasteiger charge is 2.11. The van der Waals surface area contributed by atoms with Gasteiger partial charge in [-0.1, -0.05) is 24.3 Å². The summed E-state index contributed by atoms with van der Waals surface area (Å²) in [5.41, 5.74) is 1.39. The molecule has 7 nitrogen and oxygen atoms in total. The number of rotatable bonds is 7. The number of aryl methyl sites for hydroxylation is 1. The summed E-state index contributed by atoms with van der Waals surface area (Å²) in [6.45, 7) is 3.97. The molecule has 0 saturated carbocycles. The molecule has 0 unspecified atom stereocenters. The van der Waals surface area contributed by atoms with Crippen molar-refractivity contribution in [3.63, 3.8) is 0 Å². The fourth-order valence-electron chi connectivity index (χ4n) is 3.17. The summed E-state index contributed by atoms with van der Waals surface area (Å²) in [5, 5.41) is 2.88. The maximum absolute atomic E-state index is 12.0. The summed E-state index contributed by atoms with van der Waals surface area (Å²) >= 11 is 0. The zero-order chi connectivity index (χ0) is 18.4. The average molecular weight is 356 g/mol. The first kappa shape index (κ1) is 18.1.